The second kappa shape index (κ2) is 7.47. The topological polar surface area (TPSA) is 88.9 Å². The lowest BCUT2D eigenvalue weighted by Gasteiger charge is -2.08. The number of nitrogens with zero attached hydrogens (tertiary/aromatic N) is 3. The van der Waals surface area contributed by atoms with Crippen LogP contribution in [0.5, 0.6) is 0 Å². The Morgan fingerprint density at radius 3 is 2.45 bits per heavy atom. The maximum Gasteiger partial charge on any atom is 0.451 e. The quantitative estimate of drug-likeness (QED) is 0.792. The van der Waals surface area contributed by atoms with Gasteiger partial charge in [-0.3, -0.25) is 10.1 Å². The van der Waals surface area contributed by atoms with Gasteiger partial charge in [0.25, 0.3) is 0 Å². The summed E-state index contributed by atoms with van der Waals surface area (Å²) < 4.78 is 38.3. The van der Waals surface area contributed by atoms with E-state index < -0.39 is 23.9 Å². The smallest absolute Gasteiger partial charge is 0.338 e. The van der Waals surface area contributed by atoms with E-state index in [2.05, 4.69) is 20.8 Å². The largest absolute Gasteiger partial charge is 0.451 e. The van der Waals surface area contributed by atoms with Crippen LogP contribution in [0.3, 0.4) is 0 Å². The van der Waals surface area contributed by atoms with E-state index in [4.69, 9.17) is 0 Å². The van der Waals surface area contributed by atoms with Crippen LogP contribution in [-0.4, -0.2) is 39.0 Å². The van der Waals surface area contributed by atoms with Crippen molar-refractivity contribution in [2.45, 2.75) is 25.2 Å². The highest BCUT2D eigenvalue weighted by atomic mass is 32.2. The molecule has 22 heavy (non-hydrogen) atoms. The number of hydrogen-bond donors (Lipinski definition) is 2. The summed E-state index contributed by atoms with van der Waals surface area (Å²) in [5.41, 5.74) is 0. The number of imide groups is 1. The number of aromatic nitrogens is 3. The minimum absolute atomic E-state index is 0.0648. The Morgan fingerprint density at radius 1 is 1.32 bits per heavy atom. The lowest BCUT2D eigenvalue weighted by molar-refractivity contribution is -0.147. The van der Waals surface area contributed by atoms with E-state index in [1.165, 1.54) is 0 Å². The Balaban J connectivity index is 2.48. The van der Waals surface area contributed by atoms with Crippen molar-refractivity contribution in [3.8, 4) is 0 Å². The number of amides is 3. The molecule has 1 aromatic rings. The molecule has 0 bridgehead atoms. The summed E-state index contributed by atoms with van der Waals surface area (Å²) in [6, 6.07) is -0.645. The van der Waals surface area contributed by atoms with Crippen LogP contribution in [0.2, 0.25) is 0 Å². The van der Waals surface area contributed by atoms with Crippen molar-refractivity contribution in [2.75, 3.05) is 12.3 Å². The first-order chi connectivity index (χ1) is 10.1. The van der Waals surface area contributed by atoms with Crippen LogP contribution in [0.25, 0.3) is 0 Å². The number of thioether (sulfide) groups is 1. The first-order valence-corrected chi connectivity index (χ1v) is 7.27. The summed E-state index contributed by atoms with van der Waals surface area (Å²) in [6.45, 7) is 4.19. The number of rotatable bonds is 5. The number of urea groups is 1. The molecule has 0 spiro atoms. The molecule has 0 atom stereocenters. The predicted octanol–water partition coefficient (Wildman–Crippen LogP) is 1.41. The number of halogens is 3. The maximum atomic E-state index is 12.5. The van der Waals surface area contributed by atoms with Gasteiger partial charge in [-0.2, -0.15) is 13.2 Å². The molecule has 11 heteroatoms. The first kappa shape index (κ1) is 18.3. The number of hydrogen-bond acceptors (Lipinski definition) is 5. The molecule has 0 unspecified atom stereocenters. The summed E-state index contributed by atoms with van der Waals surface area (Å²) in [4.78, 5) is 22.9. The van der Waals surface area contributed by atoms with Gasteiger partial charge in [0.15, 0.2) is 5.16 Å². The van der Waals surface area contributed by atoms with Gasteiger partial charge < -0.3 is 9.88 Å². The number of carbonyl (C=O) groups excluding carboxylic acids is 2. The predicted molar refractivity (Wildman–Crippen MR) is 73.1 cm³/mol. The van der Waals surface area contributed by atoms with E-state index in [9.17, 15) is 22.8 Å². The minimum Gasteiger partial charge on any atom is -0.338 e. The van der Waals surface area contributed by atoms with E-state index in [-0.39, 0.29) is 16.8 Å². The molecule has 0 saturated carbocycles. The van der Waals surface area contributed by atoms with Crippen molar-refractivity contribution in [3.05, 3.63) is 5.82 Å². The SMILES string of the molecule is CC(C)CNC(=O)NC(=O)CSc1nnc(C(F)(F)F)n1C. The molecule has 3 amide bonds. The van der Waals surface area contributed by atoms with Gasteiger partial charge in [0.1, 0.15) is 0 Å². The molecule has 0 aromatic carbocycles. The molecule has 2 N–H and O–H groups in total. The fourth-order valence-corrected chi connectivity index (χ4v) is 2.03. The minimum atomic E-state index is -4.61. The molecular weight excluding hydrogens is 323 g/mol. The molecule has 0 aliphatic carbocycles. The van der Waals surface area contributed by atoms with Crippen LogP contribution in [0.1, 0.15) is 19.7 Å². The van der Waals surface area contributed by atoms with Crippen molar-refractivity contribution in [1.29, 1.82) is 0 Å². The Labute approximate surface area is 129 Å². The van der Waals surface area contributed by atoms with E-state index in [0.29, 0.717) is 6.54 Å². The summed E-state index contributed by atoms with van der Waals surface area (Å²) in [5.74, 6) is -1.80. The average molecular weight is 339 g/mol. The second-order valence-corrected chi connectivity index (χ2v) is 5.75. The first-order valence-electron chi connectivity index (χ1n) is 6.28. The van der Waals surface area contributed by atoms with E-state index in [1.54, 1.807) is 0 Å². The lowest BCUT2D eigenvalue weighted by Crippen LogP contribution is -2.41. The maximum absolute atomic E-state index is 12.5. The van der Waals surface area contributed by atoms with Gasteiger partial charge in [-0.25, -0.2) is 4.79 Å². The molecule has 1 aromatic heterocycles. The van der Waals surface area contributed by atoms with Gasteiger partial charge in [-0.05, 0) is 5.92 Å². The van der Waals surface area contributed by atoms with Crippen LogP contribution in [0.15, 0.2) is 5.16 Å². The third-order valence-electron chi connectivity index (χ3n) is 2.34. The van der Waals surface area contributed by atoms with Crippen LogP contribution in [0.4, 0.5) is 18.0 Å². The zero-order valence-electron chi connectivity index (χ0n) is 12.2. The normalized spacial score (nSPS) is 11.6. The number of nitrogens with one attached hydrogen (secondary N) is 2. The van der Waals surface area contributed by atoms with Crippen LogP contribution < -0.4 is 10.6 Å². The molecule has 0 aliphatic rings. The lowest BCUT2D eigenvalue weighted by atomic mass is 10.2. The second-order valence-electron chi connectivity index (χ2n) is 4.80. The third kappa shape index (κ3) is 5.54. The molecule has 0 fully saturated rings. The van der Waals surface area contributed by atoms with Gasteiger partial charge in [0.2, 0.25) is 11.7 Å². The summed E-state index contributed by atoms with van der Waals surface area (Å²) in [6.07, 6.45) is -4.61. The molecular formula is C11H16F3N5O2S. The third-order valence-corrected chi connectivity index (χ3v) is 3.36. The number of alkyl halides is 3. The monoisotopic (exact) mass is 339 g/mol. The zero-order chi connectivity index (χ0) is 16.9. The molecule has 7 nitrogen and oxygen atoms in total. The van der Waals surface area contributed by atoms with E-state index in [1.807, 2.05) is 13.8 Å². The summed E-state index contributed by atoms with van der Waals surface area (Å²) >= 11 is 0.756. The van der Waals surface area contributed by atoms with Crippen LogP contribution in [-0.2, 0) is 18.0 Å². The van der Waals surface area contributed by atoms with Crippen LogP contribution >= 0.6 is 11.8 Å². The zero-order valence-corrected chi connectivity index (χ0v) is 13.0. The molecule has 0 aliphatic heterocycles. The van der Waals surface area contributed by atoms with Crippen molar-refractivity contribution in [2.24, 2.45) is 13.0 Å². The van der Waals surface area contributed by atoms with Gasteiger partial charge in [0.05, 0.1) is 5.75 Å². The Kier molecular flexibility index (Phi) is 6.21. The van der Waals surface area contributed by atoms with Crippen molar-refractivity contribution >= 4 is 23.7 Å². The highest BCUT2D eigenvalue weighted by molar-refractivity contribution is 7.99. The fraction of sp³-hybridized carbons (Fsp3) is 0.636. The van der Waals surface area contributed by atoms with Gasteiger partial charge >= 0.3 is 12.2 Å². The van der Waals surface area contributed by atoms with Gasteiger partial charge in [-0.15, -0.1) is 10.2 Å². The molecule has 0 saturated heterocycles. The average Bonchev–Trinajstić information content (AvgIpc) is 2.75. The molecule has 124 valence electrons. The Morgan fingerprint density at radius 2 is 1.95 bits per heavy atom. The molecule has 1 heterocycles. The van der Waals surface area contributed by atoms with Gasteiger partial charge in [-0.1, -0.05) is 25.6 Å². The van der Waals surface area contributed by atoms with Gasteiger partial charge in [0, 0.05) is 13.6 Å². The summed E-state index contributed by atoms with van der Waals surface area (Å²) in [5, 5.41) is 10.9. The fourth-order valence-electron chi connectivity index (χ4n) is 1.32. The van der Waals surface area contributed by atoms with Crippen LogP contribution in [0, 0.1) is 5.92 Å². The molecule has 1 rings (SSSR count). The molecule has 0 radical (unpaired) electrons. The van der Waals surface area contributed by atoms with E-state index in [0.717, 1.165) is 23.4 Å². The summed E-state index contributed by atoms with van der Waals surface area (Å²) in [7, 11) is 1.15. The van der Waals surface area contributed by atoms with Crippen molar-refractivity contribution < 1.29 is 22.8 Å². The van der Waals surface area contributed by atoms with E-state index >= 15 is 0 Å². The standard InChI is InChI=1S/C11H16F3N5O2S/c1-6(2)4-15-9(21)16-7(20)5-22-10-18-17-8(19(10)3)11(12,13)14/h6H,4-5H2,1-3H3,(H2,15,16,20,21). The number of carbonyl (C=O) groups is 2. The Hall–Kier alpha value is -1.78. The Bertz CT molecular complexity index is 544. The highest BCUT2D eigenvalue weighted by Gasteiger charge is 2.37. The van der Waals surface area contributed by atoms with Crippen molar-refractivity contribution in [3.63, 3.8) is 0 Å². The highest BCUT2D eigenvalue weighted by Crippen LogP contribution is 2.29. The van der Waals surface area contributed by atoms with Crippen molar-refractivity contribution in [1.82, 2.24) is 25.4 Å².